The average Bonchev–Trinajstić information content (AvgIpc) is 2.44. The van der Waals surface area contributed by atoms with E-state index >= 15 is 0 Å². The van der Waals surface area contributed by atoms with Gasteiger partial charge in [0.25, 0.3) is 0 Å². The van der Waals surface area contributed by atoms with Crippen LogP contribution in [0.5, 0.6) is 5.75 Å². The highest BCUT2D eigenvalue weighted by atomic mass is 16.5. The van der Waals surface area contributed by atoms with Gasteiger partial charge in [-0.1, -0.05) is 6.07 Å². The highest BCUT2D eigenvalue weighted by Crippen LogP contribution is 2.16. The monoisotopic (exact) mass is 265 g/mol. The van der Waals surface area contributed by atoms with Crippen LogP contribution in [0.1, 0.15) is 27.0 Å². The van der Waals surface area contributed by atoms with Gasteiger partial charge < -0.3 is 4.74 Å². The van der Waals surface area contributed by atoms with E-state index in [0.29, 0.717) is 16.9 Å². The molecule has 0 saturated heterocycles. The van der Waals surface area contributed by atoms with Gasteiger partial charge in [0, 0.05) is 5.56 Å². The summed E-state index contributed by atoms with van der Waals surface area (Å²) >= 11 is 0. The fourth-order valence-electron chi connectivity index (χ4n) is 1.98. The Hall–Kier alpha value is -2.60. The molecule has 3 heteroatoms. The van der Waals surface area contributed by atoms with Crippen molar-refractivity contribution >= 4 is 5.78 Å². The van der Waals surface area contributed by atoms with Gasteiger partial charge in [0.05, 0.1) is 11.6 Å². The molecule has 0 aliphatic heterocycles. The minimum atomic E-state index is -0.103. The predicted octanol–water partition coefficient (Wildman–Crippen LogP) is 3.44. The first-order chi connectivity index (χ1) is 9.58. The minimum absolute atomic E-state index is 0.00517. The van der Waals surface area contributed by atoms with Gasteiger partial charge in [0.1, 0.15) is 5.75 Å². The van der Waals surface area contributed by atoms with E-state index in [-0.39, 0.29) is 12.4 Å². The number of ether oxygens (including phenoxy) is 1. The summed E-state index contributed by atoms with van der Waals surface area (Å²) in [6, 6.07) is 14.4. The van der Waals surface area contributed by atoms with E-state index in [1.54, 1.807) is 24.3 Å². The lowest BCUT2D eigenvalue weighted by molar-refractivity contribution is 0.0921. The van der Waals surface area contributed by atoms with Crippen molar-refractivity contribution in [2.24, 2.45) is 0 Å². The SMILES string of the molecule is Cc1cc(C)cc(OCC(=O)c2ccc(C#N)cc2)c1. The Morgan fingerprint density at radius 2 is 1.70 bits per heavy atom. The molecule has 2 aromatic rings. The third kappa shape index (κ3) is 3.46. The normalized spacial score (nSPS) is 9.85. The summed E-state index contributed by atoms with van der Waals surface area (Å²) < 4.78 is 5.53. The van der Waals surface area contributed by atoms with Crippen molar-refractivity contribution in [2.75, 3.05) is 6.61 Å². The van der Waals surface area contributed by atoms with Crippen LogP contribution >= 0.6 is 0 Å². The van der Waals surface area contributed by atoms with Gasteiger partial charge in [0.2, 0.25) is 0 Å². The number of benzene rings is 2. The fraction of sp³-hybridized carbons (Fsp3) is 0.176. The number of Topliss-reactive ketones (excluding diaryl/α,β-unsaturated/α-hetero) is 1. The van der Waals surface area contributed by atoms with Crippen LogP contribution in [-0.4, -0.2) is 12.4 Å². The van der Waals surface area contributed by atoms with Gasteiger partial charge in [0.15, 0.2) is 12.4 Å². The molecule has 0 saturated carbocycles. The van der Waals surface area contributed by atoms with Crippen LogP contribution in [0.2, 0.25) is 0 Å². The van der Waals surface area contributed by atoms with Crippen molar-refractivity contribution in [1.82, 2.24) is 0 Å². The van der Waals surface area contributed by atoms with Gasteiger partial charge in [-0.3, -0.25) is 4.79 Å². The second kappa shape index (κ2) is 6.03. The summed E-state index contributed by atoms with van der Waals surface area (Å²) in [6.45, 7) is 3.97. The molecule has 2 aromatic carbocycles. The molecule has 0 aliphatic rings. The predicted molar refractivity (Wildman–Crippen MR) is 76.9 cm³/mol. The van der Waals surface area contributed by atoms with Crippen molar-refractivity contribution in [3.05, 3.63) is 64.7 Å². The molecule has 0 heterocycles. The van der Waals surface area contributed by atoms with Crippen molar-refractivity contribution < 1.29 is 9.53 Å². The number of carbonyl (C=O) groups is 1. The molecule has 0 amide bonds. The number of carbonyl (C=O) groups excluding carboxylic acids is 1. The Bertz CT molecular complexity index is 646. The summed E-state index contributed by atoms with van der Waals surface area (Å²) in [4.78, 5) is 12.0. The van der Waals surface area contributed by atoms with Crippen LogP contribution in [0.25, 0.3) is 0 Å². The second-order valence-electron chi connectivity index (χ2n) is 4.72. The first kappa shape index (κ1) is 13.8. The van der Waals surface area contributed by atoms with Crippen LogP contribution in [0.4, 0.5) is 0 Å². The average molecular weight is 265 g/mol. The molecule has 0 radical (unpaired) electrons. The third-order valence-electron chi connectivity index (χ3n) is 2.90. The van der Waals surface area contributed by atoms with Crippen molar-refractivity contribution in [3.63, 3.8) is 0 Å². The summed E-state index contributed by atoms with van der Waals surface area (Å²) in [5, 5.41) is 8.71. The van der Waals surface area contributed by atoms with Gasteiger partial charge >= 0.3 is 0 Å². The zero-order valence-corrected chi connectivity index (χ0v) is 11.5. The maximum Gasteiger partial charge on any atom is 0.200 e. The number of nitrogens with zero attached hydrogens (tertiary/aromatic N) is 1. The Morgan fingerprint density at radius 1 is 1.10 bits per heavy atom. The largest absolute Gasteiger partial charge is 0.485 e. The number of ketones is 1. The van der Waals surface area contributed by atoms with Crippen molar-refractivity contribution in [3.8, 4) is 11.8 Å². The molecule has 0 spiro atoms. The minimum Gasteiger partial charge on any atom is -0.485 e. The van der Waals surface area contributed by atoms with E-state index in [1.165, 1.54) is 0 Å². The van der Waals surface area contributed by atoms with Crippen LogP contribution < -0.4 is 4.74 Å². The number of aryl methyl sites for hydroxylation is 2. The first-order valence-electron chi connectivity index (χ1n) is 6.33. The fourth-order valence-corrected chi connectivity index (χ4v) is 1.98. The lowest BCUT2D eigenvalue weighted by Crippen LogP contribution is -2.11. The molecule has 3 nitrogen and oxygen atoms in total. The summed E-state index contributed by atoms with van der Waals surface area (Å²) in [5.41, 5.74) is 3.29. The van der Waals surface area contributed by atoms with Crippen molar-refractivity contribution in [2.45, 2.75) is 13.8 Å². The van der Waals surface area contributed by atoms with Gasteiger partial charge in [-0.05, 0) is 61.4 Å². The lowest BCUT2D eigenvalue weighted by Gasteiger charge is -2.07. The smallest absolute Gasteiger partial charge is 0.200 e. The molecule has 0 N–H and O–H groups in total. The standard InChI is InChI=1S/C17H15NO2/c1-12-7-13(2)9-16(8-12)20-11-17(19)15-5-3-14(10-18)4-6-15/h3-9H,11H2,1-2H3. The number of rotatable bonds is 4. The van der Waals surface area contributed by atoms with E-state index < -0.39 is 0 Å². The maximum absolute atomic E-state index is 12.0. The molecule has 0 unspecified atom stereocenters. The van der Waals surface area contributed by atoms with Crippen LogP contribution in [0.15, 0.2) is 42.5 Å². The lowest BCUT2D eigenvalue weighted by atomic mass is 10.1. The number of hydrogen-bond donors (Lipinski definition) is 0. The number of hydrogen-bond acceptors (Lipinski definition) is 3. The molecule has 0 aliphatic carbocycles. The molecule has 0 atom stereocenters. The summed E-state index contributed by atoms with van der Waals surface area (Å²) in [5.74, 6) is 0.596. The third-order valence-corrected chi connectivity index (χ3v) is 2.90. The van der Waals surface area contributed by atoms with E-state index in [0.717, 1.165) is 11.1 Å². The zero-order valence-electron chi connectivity index (χ0n) is 11.5. The zero-order chi connectivity index (χ0) is 14.5. The molecule has 0 aromatic heterocycles. The van der Waals surface area contributed by atoms with E-state index in [9.17, 15) is 4.79 Å². The Kier molecular flexibility index (Phi) is 4.17. The van der Waals surface area contributed by atoms with Gasteiger partial charge in [-0.25, -0.2) is 0 Å². The number of nitriles is 1. The van der Waals surface area contributed by atoms with Gasteiger partial charge in [-0.2, -0.15) is 5.26 Å². The van der Waals surface area contributed by atoms with Crippen LogP contribution in [-0.2, 0) is 0 Å². The molecule has 0 bridgehead atoms. The molecule has 100 valence electrons. The topological polar surface area (TPSA) is 50.1 Å². The molecule has 2 rings (SSSR count). The van der Waals surface area contributed by atoms with E-state index in [4.69, 9.17) is 10.00 Å². The van der Waals surface area contributed by atoms with Crippen LogP contribution in [0.3, 0.4) is 0 Å². The molecule has 20 heavy (non-hydrogen) atoms. The summed E-state index contributed by atoms with van der Waals surface area (Å²) in [6.07, 6.45) is 0. The van der Waals surface area contributed by atoms with Gasteiger partial charge in [-0.15, -0.1) is 0 Å². The molecular weight excluding hydrogens is 250 g/mol. The summed E-state index contributed by atoms with van der Waals surface area (Å²) in [7, 11) is 0. The highest BCUT2D eigenvalue weighted by molar-refractivity contribution is 5.97. The Balaban J connectivity index is 2.02. The molecular formula is C17H15NO2. The Labute approximate surface area is 118 Å². The van der Waals surface area contributed by atoms with E-state index in [1.807, 2.05) is 32.0 Å². The maximum atomic E-state index is 12.0. The highest BCUT2D eigenvalue weighted by Gasteiger charge is 2.07. The second-order valence-corrected chi connectivity index (χ2v) is 4.72. The Morgan fingerprint density at radius 3 is 2.25 bits per heavy atom. The first-order valence-corrected chi connectivity index (χ1v) is 6.33. The van der Waals surface area contributed by atoms with Crippen molar-refractivity contribution in [1.29, 1.82) is 5.26 Å². The quantitative estimate of drug-likeness (QED) is 0.796. The molecule has 0 fully saturated rings. The van der Waals surface area contributed by atoms with E-state index in [2.05, 4.69) is 6.07 Å². The van der Waals surface area contributed by atoms with Crippen LogP contribution in [0, 0.1) is 25.2 Å².